The molecule has 1 aliphatic rings. The monoisotopic (exact) mass is 510 g/mol. The molecule has 4 rings (SSSR count). The molecule has 1 aromatic heterocycles. The van der Waals surface area contributed by atoms with Crippen molar-refractivity contribution in [1.29, 1.82) is 0 Å². The van der Waals surface area contributed by atoms with Gasteiger partial charge in [0.05, 0.1) is 19.8 Å². The summed E-state index contributed by atoms with van der Waals surface area (Å²) in [5, 5.41) is 4.39. The summed E-state index contributed by atoms with van der Waals surface area (Å²) in [6.07, 6.45) is 4.69. The maximum atomic E-state index is 13.5. The van der Waals surface area contributed by atoms with Crippen LogP contribution in [-0.4, -0.2) is 26.3 Å². The number of nitrogens with one attached hydrogen (secondary N) is 1. The van der Waals surface area contributed by atoms with Crippen LogP contribution in [0.4, 0.5) is 10.7 Å². The van der Waals surface area contributed by atoms with E-state index in [0.29, 0.717) is 33.7 Å². The number of hydrogen-bond acceptors (Lipinski definition) is 5. The molecule has 0 unspecified atom stereocenters. The minimum atomic E-state index is -0.140. The van der Waals surface area contributed by atoms with Crippen molar-refractivity contribution in [3.63, 3.8) is 0 Å². The van der Waals surface area contributed by atoms with Crippen molar-refractivity contribution in [2.24, 2.45) is 16.3 Å². The van der Waals surface area contributed by atoms with Crippen molar-refractivity contribution in [2.75, 3.05) is 19.5 Å². The second-order valence-corrected chi connectivity index (χ2v) is 11.3. The maximum absolute atomic E-state index is 13.5. The molecule has 0 bridgehead atoms. The molecule has 1 amide bonds. The predicted molar refractivity (Wildman–Crippen MR) is 145 cm³/mol. The molecule has 0 aliphatic heterocycles. The smallest absolute Gasteiger partial charge is 0.259 e. The first kappa shape index (κ1) is 25.3. The third-order valence-corrected chi connectivity index (χ3v) is 7.95. The number of fused-ring (bicyclic) bond motifs is 1. The van der Waals surface area contributed by atoms with Gasteiger partial charge in [-0.25, -0.2) is 4.99 Å². The third kappa shape index (κ3) is 5.71. The summed E-state index contributed by atoms with van der Waals surface area (Å²) in [6.45, 7) is 6.88. The number of anilines is 1. The number of rotatable bonds is 6. The molecule has 1 aliphatic carbocycles. The zero-order valence-corrected chi connectivity index (χ0v) is 22.3. The number of nitrogens with zero attached hydrogens (tertiary/aromatic N) is 1. The molecule has 0 radical (unpaired) electrons. The predicted octanol–water partition coefficient (Wildman–Crippen LogP) is 7.57. The van der Waals surface area contributed by atoms with E-state index < -0.39 is 0 Å². The molecule has 5 nitrogen and oxygen atoms in total. The van der Waals surface area contributed by atoms with E-state index in [4.69, 9.17) is 26.1 Å². The number of amides is 1. The highest BCUT2D eigenvalue weighted by Gasteiger charge is 2.33. The second kappa shape index (κ2) is 10.4. The number of carbonyl (C=O) groups excluding carboxylic acids is 1. The Balaban J connectivity index is 1.70. The zero-order valence-electron chi connectivity index (χ0n) is 20.8. The van der Waals surface area contributed by atoms with Crippen LogP contribution < -0.4 is 14.8 Å². The van der Waals surface area contributed by atoms with Crippen molar-refractivity contribution in [1.82, 2.24) is 0 Å². The summed E-state index contributed by atoms with van der Waals surface area (Å²) in [4.78, 5) is 19.5. The van der Waals surface area contributed by atoms with Gasteiger partial charge in [-0.05, 0) is 84.2 Å². The summed E-state index contributed by atoms with van der Waals surface area (Å²) in [7, 11) is 3.22. The Labute approximate surface area is 216 Å². The van der Waals surface area contributed by atoms with Crippen molar-refractivity contribution in [3.05, 3.63) is 69.1 Å². The molecule has 0 saturated heterocycles. The minimum absolute atomic E-state index is 0.140. The van der Waals surface area contributed by atoms with Crippen LogP contribution in [0.1, 0.15) is 53.6 Å². The zero-order chi connectivity index (χ0) is 25.2. The van der Waals surface area contributed by atoms with E-state index in [9.17, 15) is 4.79 Å². The lowest BCUT2D eigenvalue weighted by Crippen LogP contribution is -2.27. The van der Waals surface area contributed by atoms with E-state index in [-0.39, 0.29) is 11.3 Å². The van der Waals surface area contributed by atoms with Gasteiger partial charge in [0.25, 0.3) is 5.91 Å². The Morgan fingerprint density at radius 3 is 2.49 bits per heavy atom. The van der Waals surface area contributed by atoms with Gasteiger partial charge in [0, 0.05) is 21.8 Å². The Morgan fingerprint density at radius 2 is 1.83 bits per heavy atom. The van der Waals surface area contributed by atoms with Crippen LogP contribution >= 0.6 is 22.9 Å². The van der Waals surface area contributed by atoms with Gasteiger partial charge in [0.15, 0.2) is 11.5 Å². The van der Waals surface area contributed by atoms with E-state index >= 15 is 0 Å². The van der Waals surface area contributed by atoms with Crippen molar-refractivity contribution in [3.8, 4) is 11.5 Å². The first-order valence-electron chi connectivity index (χ1n) is 11.7. The lowest BCUT2D eigenvalue weighted by molar-refractivity contribution is 0.102. The van der Waals surface area contributed by atoms with Gasteiger partial charge < -0.3 is 14.8 Å². The number of benzene rings is 2. The summed E-state index contributed by atoms with van der Waals surface area (Å²) in [6, 6.07) is 12.8. The fourth-order valence-electron chi connectivity index (χ4n) is 4.43. The number of halogens is 1. The van der Waals surface area contributed by atoms with Crippen molar-refractivity contribution < 1.29 is 14.3 Å². The van der Waals surface area contributed by atoms with Gasteiger partial charge in [-0.2, -0.15) is 0 Å². The molecule has 1 heterocycles. The summed E-state index contributed by atoms with van der Waals surface area (Å²) >= 11 is 7.64. The Bertz CT molecular complexity index is 1240. The first-order chi connectivity index (χ1) is 16.7. The molecular weight excluding hydrogens is 480 g/mol. The Morgan fingerprint density at radius 1 is 1.11 bits per heavy atom. The van der Waals surface area contributed by atoms with E-state index in [1.165, 1.54) is 4.88 Å². The molecule has 3 aromatic rings. The van der Waals surface area contributed by atoms with Gasteiger partial charge in [-0.3, -0.25) is 4.79 Å². The molecule has 35 heavy (non-hydrogen) atoms. The van der Waals surface area contributed by atoms with E-state index in [2.05, 4.69) is 26.1 Å². The van der Waals surface area contributed by atoms with Gasteiger partial charge in [0.2, 0.25) is 0 Å². The minimum Gasteiger partial charge on any atom is -0.493 e. The number of carbonyl (C=O) groups is 1. The van der Waals surface area contributed by atoms with Crippen LogP contribution in [0.2, 0.25) is 5.02 Å². The van der Waals surface area contributed by atoms with Crippen LogP contribution in [0.25, 0.3) is 0 Å². The van der Waals surface area contributed by atoms with Crippen molar-refractivity contribution in [2.45, 2.75) is 40.0 Å². The van der Waals surface area contributed by atoms with Crippen LogP contribution in [0.3, 0.4) is 0 Å². The fourth-order valence-corrected chi connectivity index (χ4v) is 5.82. The summed E-state index contributed by atoms with van der Waals surface area (Å²) in [5.41, 5.74) is 3.59. The van der Waals surface area contributed by atoms with Crippen molar-refractivity contribution >= 4 is 45.7 Å². The SMILES string of the molecule is COc1ccc(C=Nc2sc3c(c2C(=O)Nc2ccc(Cl)cc2)CC[C@H](C(C)(C)C)C3)cc1OC. The van der Waals surface area contributed by atoms with Gasteiger partial charge >= 0.3 is 0 Å². The van der Waals surface area contributed by atoms with Crippen LogP contribution in [0, 0.1) is 11.3 Å². The second-order valence-electron chi connectivity index (χ2n) is 9.82. The number of aliphatic imine (C=N–C) groups is 1. The molecule has 1 N–H and O–H groups in total. The van der Waals surface area contributed by atoms with E-state index in [0.717, 1.165) is 35.4 Å². The highest BCUT2D eigenvalue weighted by molar-refractivity contribution is 7.16. The van der Waals surface area contributed by atoms with E-state index in [1.54, 1.807) is 56.0 Å². The topological polar surface area (TPSA) is 59.9 Å². The highest BCUT2D eigenvalue weighted by atomic mass is 35.5. The summed E-state index contributed by atoms with van der Waals surface area (Å²) in [5.74, 6) is 1.73. The fraction of sp³-hybridized carbons (Fsp3) is 0.357. The van der Waals surface area contributed by atoms with Crippen LogP contribution in [0.15, 0.2) is 47.5 Å². The number of ether oxygens (including phenoxy) is 2. The van der Waals surface area contributed by atoms with Gasteiger partial charge in [0.1, 0.15) is 5.00 Å². The van der Waals surface area contributed by atoms with Gasteiger partial charge in [-0.15, -0.1) is 11.3 Å². The van der Waals surface area contributed by atoms with Crippen LogP contribution in [-0.2, 0) is 12.8 Å². The maximum Gasteiger partial charge on any atom is 0.259 e. The largest absolute Gasteiger partial charge is 0.493 e. The Kier molecular flexibility index (Phi) is 7.53. The van der Waals surface area contributed by atoms with Gasteiger partial charge in [-0.1, -0.05) is 32.4 Å². The molecule has 7 heteroatoms. The third-order valence-electron chi connectivity index (χ3n) is 6.54. The standard InChI is InChI=1S/C28H31ClN2O3S/c1-28(2,3)18-7-12-21-24(15-18)35-27(25(21)26(32)31-20-10-8-19(29)9-11-20)30-16-17-6-13-22(33-4)23(14-17)34-5/h6,8-11,13-14,16,18H,7,12,15H2,1-5H3,(H,31,32)/t18-/m0/s1. The van der Waals surface area contributed by atoms with Crippen LogP contribution in [0.5, 0.6) is 11.5 Å². The lowest BCUT2D eigenvalue weighted by Gasteiger charge is -2.33. The molecule has 2 aromatic carbocycles. The summed E-state index contributed by atoms with van der Waals surface area (Å²) < 4.78 is 10.8. The molecular formula is C28H31ClN2O3S. The quantitative estimate of drug-likeness (QED) is 0.348. The molecule has 184 valence electrons. The normalized spacial score (nSPS) is 15.7. The molecule has 0 saturated carbocycles. The van der Waals surface area contributed by atoms with E-state index in [1.807, 2.05) is 18.2 Å². The Hall–Kier alpha value is -2.83. The average Bonchev–Trinajstić information content (AvgIpc) is 3.21. The number of hydrogen-bond donors (Lipinski definition) is 1. The average molecular weight is 511 g/mol. The number of thiophene rings is 1. The molecule has 1 atom stereocenters. The molecule has 0 fully saturated rings. The molecule has 0 spiro atoms. The first-order valence-corrected chi connectivity index (χ1v) is 12.9. The lowest BCUT2D eigenvalue weighted by atomic mass is 9.72. The number of methoxy groups -OCH3 is 2. The highest BCUT2D eigenvalue weighted by Crippen LogP contribution is 2.45.